The van der Waals surface area contributed by atoms with Gasteiger partial charge in [-0.05, 0) is 6.88 Å². The highest BCUT2D eigenvalue weighted by Gasteiger charge is 1.88. The lowest BCUT2D eigenvalue weighted by Gasteiger charge is -1.84. The lowest BCUT2D eigenvalue weighted by Crippen LogP contribution is -2.22. The van der Waals surface area contributed by atoms with Crippen LogP contribution in [0.2, 0.25) is 2.82 Å². The Morgan fingerprint density at radius 2 is 2.56 bits per heavy atom. The first-order chi connectivity index (χ1) is 5.95. The number of hydrogen-bond donors (Lipinski definition) is 2. The zero-order valence-electron chi connectivity index (χ0n) is 8.37. The van der Waals surface area contributed by atoms with Crippen molar-refractivity contribution in [3.63, 3.8) is 0 Å². The van der Waals surface area contributed by atoms with E-state index < -0.39 is 18.1 Å². The quantitative estimate of drug-likeness (QED) is 0.491. The third kappa shape index (κ3) is 1.07. The van der Waals surface area contributed by atoms with Crippen LogP contribution < -0.4 is 11.2 Å². The first-order valence-electron chi connectivity index (χ1n) is 4.21. The lowest BCUT2D eigenvalue weighted by atomic mass is 10.4. The molecule has 0 saturated heterocycles. The summed E-state index contributed by atoms with van der Waals surface area (Å²) in [6.07, 6.45) is 0.778. The van der Waals surface area contributed by atoms with Gasteiger partial charge in [-0.2, -0.15) is 0 Å². The van der Waals surface area contributed by atoms with E-state index in [9.17, 15) is 9.59 Å². The first-order valence-corrected chi connectivity index (χ1v) is 2.16. The zero-order chi connectivity index (χ0) is 10.2. The molecule has 0 aromatic carbocycles. The average molecular weight is 130 g/mol. The third-order valence-electron chi connectivity index (χ3n) is 0.758. The second kappa shape index (κ2) is 1.89. The highest BCUT2D eigenvalue weighted by atomic mass is 16.2. The fourth-order valence-electron chi connectivity index (χ4n) is 0.360. The van der Waals surface area contributed by atoms with Crippen LogP contribution in [0, 0.1) is 6.88 Å². The van der Waals surface area contributed by atoms with Gasteiger partial charge in [0.25, 0.3) is 5.56 Å². The smallest absolute Gasteiger partial charge is 0.314 e. The van der Waals surface area contributed by atoms with Crippen LogP contribution in [0.3, 0.4) is 0 Å². The van der Waals surface area contributed by atoms with E-state index in [0.29, 0.717) is 0 Å². The summed E-state index contributed by atoms with van der Waals surface area (Å²) in [5.74, 6) is 0. The maximum Gasteiger partial charge on any atom is 0.325 e. The summed E-state index contributed by atoms with van der Waals surface area (Å²) in [5, 5.41) is 0. The summed E-state index contributed by atoms with van der Waals surface area (Å²) in [5.41, 5.74) is -2.51. The second-order valence-corrected chi connectivity index (χ2v) is 1.41. The minimum Gasteiger partial charge on any atom is -0.314 e. The Morgan fingerprint density at radius 1 is 1.78 bits per heavy atom. The molecule has 9 heavy (non-hydrogen) atoms. The Labute approximate surface area is 56.3 Å². The van der Waals surface area contributed by atoms with Crippen LogP contribution in [0.5, 0.6) is 0 Å². The topological polar surface area (TPSA) is 65.7 Å². The van der Waals surface area contributed by atoms with Gasteiger partial charge in [-0.3, -0.25) is 9.77 Å². The van der Waals surface area contributed by atoms with E-state index >= 15 is 0 Å². The number of aromatic amines is 2. The molecule has 1 heterocycles. The molecule has 0 bridgehead atoms. The second-order valence-electron chi connectivity index (χ2n) is 1.41. The molecule has 0 radical (unpaired) electrons. The van der Waals surface area contributed by atoms with Crippen molar-refractivity contribution in [1.29, 1.82) is 0 Å². The van der Waals surface area contributed by atoms with E-state index in [1.54, 1.807) is 0 Å². The minimum atomic E-state index is -1.60. The number of hydrogen-bond acceptors (Lipinski definition) is 2. The molecule has 0 unspecified atom stereocenters. The Morgan fingerprint density at radius 3 is 3.22 bits per heavy atom. The van der Waals surface area contributed by atoms with Gasteiger partial charge in [-0.25, -0.2) is 4.79 Å². The molecule has 1 aromatic heterocycles. The van der Waals surface area contributed by atoms with E-state index in [4.69, 9.17) is 5.57 Å². The van der Waals surface area contributed by atoms with Crippen molar-refractivity contribution in [2.24, 2.45) is 0 Å². The van der Waals surface area contributed by atoms with Crippen LogP contribution in [-0.2, 0) is 0 Å². The van der Waals surface area contributed by atoms with Gasteiger partial charge >= 0.3 is 5.69 Å². The molecule has 4 nitrogen and oxygen atoms in total. The Kier molecular flexibility index (Phi) is 0.527. The Bertz CT molecular complexity index is 435. The number of H-pyrrole nitrogens is 2. The molecule has 1 rings (SSSR count). The van der Waals surface area contributed by atoms with Crippen LogP contribution in [0.1, 0.15) is 8.30 Å². The van der Waals surface area contributed by atoms with E-state index in [2.05, 4.69) is 0 Å². The molecular weight excluding hydrogens is 120 g/mol. The van der Waals surface area contributed by atoms with E-state index in [1.807, 2.05) is 0 Å². The van der Waals surface area contributed by atoms with Crippen LogP contribution in [0.25, 0.3) is 0 Å². The maximum absolute atomic E-state index is 11.0. The summed E-state index contributed by atoms with van der Waals surface area (Å²) in [6, 6.07) is 0. The largest absolute Gasteiger partial charge is 0.325 e. The summed E-state index contributed by atoms with van der Waals surface area (Å²) >= 11 is 0. The average Bonchev–Trinajstić information content (AvgIpc) is 2.07. The van der Waals surface area contributed by atoms with Gasteiger partial charge in [0.1, 0.15) is 0 Å². The first kappa shape index (κ1) is 2.51. The highest BCUT2D eigenvalue weighted by molar-refractivity contribution is 4.98. The summed E-state index contributed by atoms with van der Waals surface area (Å²) in [4.78, 5) is 22.0. The molecule has 0 amide bonds. The van der Waals surface area contributed by atoms with Gasteiger partial charge in [0.2, 0.25) is 0 Å². The van der Waals surface area contributed by atoms with Gasteiger partial charge < -0.3 is 4.98 Å². The fourth-order valence-corrected chi connectivity index (χ4v) is 0.360. The van der Waals surface area contributed by atoms with Crippen molar-refractivity contribution in [3.05, 3.63) is 32.6 Å². The molecule has 0 aliphatic rings. The highest BCUT2D eigenvalue weighted by Crippen LogP contribution is 1.73. The molecule has 2 N–H and O–H groups in total. The van der Waals surface area contributed by atoms with Crippen LogP contribution in [-0.4, -0.2) is 9.95 Å². The van der Waals surface area contributed by atoms with E-state index in [0.717, 1.165) is 6.20 Å². The normalized spacial score (nSPS) is 16.1. The van der Waals surface area contributed by atoms with Crippen LogP contribution >= 0.6 is 0 Å². The summed E-state index contributed by atoms with van der Waals surface area (Å²) in [6.45, 7) is -1.60. The van der Waals surface area contributed by atoms with Gasteiger partial charge in [-0.15, -0.1) is 0 Å². The molecular formula is C5H6N2O2. The molecule has 1 aromatic rings. The van der Waals surface area contributed by atoms with Crippen molar-refractivity contribution >= 4 is 0 Å². The zero-order valence-corrected chi connectivity index (χ0v) is 4.37. The monoisotopic (exact) mass is 130 g/mol. The number of aryl methyl sites for hydroxylation is 1. The molecule has 0 spiro atoms. The molecule has 0 aliphatic carbocycles. The lowest BCUT2D eigenvalue weighted by molar-refractivity contribution is 1.01. The predicted molar refractivity (Wildman–Crippen MR) is 32.4 cm³/mol. The molecule has 4 heteroatoms. The number of nitrogens with one attached hydrogen (secondary N) is 2. The van der Waals surface area contributed by atoms with Crippen molar-refractivity contribution in [2.75, 3.05) is 0 Å². The van der Waals surface area contributed by atoms with Gasteiger partial charge in [0.15, 0.2) is 2.82 Å². The van der Waals surface area contributed by atoms with E-state index in [-0.39, 0.29) is 15.5 Å². The molecule has 0 atom stereocenters. The summed E-state index contributed by atoms with van der Waals surface area (Å²) < 4.78 is 27.6. The van der Waals surface area contributed by atoms with E-state index in [1.165, 1.54) is 0 Å². The fraction of sp³-hybridized carbons (Fsp3) is 0.200. The van der Waals surface area contributed by atoms with Crippen molar-refractivity contribution in [2.45, 2.75) is 6.88 Å². The maximum atomic E-state index is 11.0. The summed E-state index contributed by atoms with van der Waals surface area (Å²) in [7, 11) is 0. The molecule has 48 valence electrons. The Hall–Kier alpha value is -1.32. The van der Waals surface area contributed by atoms with Crippen molar-refractivity contribution in [3.8, 4) is 0 Å². The number of aromatic nitrogens is 2. The van der Waals surface area contributed by atoms with Crippen LogP contribution in [0.4, 0.5) is 0 Å². The standard InChI is InChI=1S/C5H6N2O2/c1-3-2-6-5(9)7-4(3)8/h2H,1H3,(H2,6,7,8,9)/i1D2/hD2. The number of rotatable bonds is 0. The SMILES string of the molecule is [2H]C([2H])c1cn([2H])c(=O)n([2H])c1=O. The third-order valence-corrected chi connectivity index (χ3v) is 0.758. The van der Waals surface area contributed by atoms with Crippen molar-refractivity contribution < 1.29 is 5.57 Å². The minimum absolute atomic E-state index is 0.0432. The van der Waals surface area contributed by atoms with Crippen LogP contribution in [0.15, 0.2) is 15.8 Å². The van der Waals surface area contributed by atoms with Gasteiger partial charge in [-0.1, -0.05) is 0 Å². The molecule has 0 aliphatic heterocycles. The van der Waals surface area contributed by atoms with Crippen molar-refractivity contribution in [1.82, 2.24) is 9.95 Å². The molecule has 0 saturated carbocycles. The molecule has 0 fully saturated rings. The predicted octanol–water partition coefficient (Wildman–Crippen LogP) is -0.628. The van der Waals surface area contributed by atoms with Gasteiger partial charge in [0, 0.05) is 14.5 Å². The Balaban J connectivity index is 3.60. The van der Waals surface area contributed by atoms with Gasteiger partial charge in [0.05, 0.1) is 0 Å².